The van der Waals surface area contributed by atoms with Crippen LogP contribution < -0.4 is 0 Å². The fourth-order valence-electron chi connectivity index (χ4n) is 1.45. The van der Waals surface area contributed by atoms with Crippen LogP contribution in [0.25, 0.3) is 0 Å². The van der Waals surface area contributed by atoms with Gasteiger partial charge in [0, 0.05) is 21.9 Å². The lowest BCUT2D eigenvalue weighted by atomic mass is 10.2. The van der Waals surface area contributed by atoms with Crippen molar-refractivity contribution in [2.45, 2.75) is 13.2 Å². The summed E-state index contributed by atoms with van der Waals surface area (Å²) in [6.07, 6.45) is 3.54. The van der Waals surface area contributed by atoms with Gasteiger partial charge in [-0.25, -0.2) is 0 Å². The van der Waals surface area contributed by atoms with Crippen LogP contribution in [0.2, 0.25) is 5.02 Å². The van der Waals surface area contributed by atoms with E-state index in [9.17, 15) is 0 Å². The highest BCUT2D eigenvalue weighted by atomic mass is 79.9. The molecule has 1 aromatic heterocycles. The van der Waals surface area contributed by atoms with Gasteiger partial charge in [0.05, 0.1) is 13.2 Å². The molecule has 0 saturated carbocycles. The number of hydrogen-bond acceptors (Lipinski definition) is 2. The van der Waals surface area contributed by atoms with Gasteiger partial charge in [0.25, 0.3) is 0 Å². The summed E-state index contributed by atoms with van der Waals surface area (Å²) in [7, 11) is 0. The largest absolute Gasteiger partial charge is 0.372 e. The number of hydrogen-bond donors (Lipinski definition) is 0. The molecule has 0 radical (unpaired) electrons. The lowest BCUT2D eigenvalue weighted by Gasteiger charge is -2.05. The first kappa shape index (κ1) is 12.6. The van der Waals surface area contributed by atoms with E-state index in [0.717, 1.165) is 20.6 Å². The van der Waals surface area contributed by atoms with Crippen LogP contribution in [0.1, 0.15) is 11.1 Å². The smallest absolute Gasteiger partial charge is 0.0736 e. The number of nitrogens with zero attached hydrogens (tertiary/aromatic N) is 1. The molecular weight excluding hydrogens is 302 g/mol. The Balaban J connectivity index is 1.87. The van der Waals surface area contributed by atoms with Crippen LogP contribution in [0.15, 0.2) is 47.2 Å². The molecule has 0 amide bonds. The molecular formula is C13H11BrClNO. The molecule has 0 saturated heterocycles. The van der Waals surface area contributed by atoms with E-state index >= 15 is 0 Å². The van der Waals surface area contributed by atoms with Crippen molar-refractivity contribution in [1.82, 2.24) is 4.98 Å². The van der Waals surface area contributed by atoms with E-state index in [2.05, 4.69) is 20.9 Å². The van der Waals surface area contributed by atoms with Crippen LogP contribution in [-0.4, -0.2) is 4.98 Å². The summed E-state index contributed by atoms with van der Waals surface area (Å²) in [6, 6.07) is 9.65. The topological polar surface area (TPSA) is 22.1 Å². The number of pyridine rings is 1. The third-order valence-corrected chi connectivity index (χ3v) is 2.86. The van der Waals surface area contributed by atoms with E-state index in [1.807, 2.05) is 30.3 Å². The molecule has 2 rings (SSSR count). The predicted octanol–water partition coefficient (Wildman–Crippen LogP) is 4.21. The van der Waals surface area contributed by atoms with Gasteiger partial charge in [0.15, 0.2) is 0 Å². The maximum Gasteiger partial charge on any atom is 0.0736 e. The van der Waals surface area contributed by atoms with E-state index in [-0.39, 0.29) is 0 Å². The minimum absolute atomic E-state index is 0.541. The van der Waals surface area contributed by atoms with E-state index in [4.69, 9.17) is 16.3 Å². The first-order valence-corrected chi connectivity index (χ1v) is 6.33. The standard InChI is InChI=1S/C13H11BrClNO/c14-12-4-11(6-16-7-12)9-17-8-10-2-1-3-13(15)5-10/h1-7H,8-9H2. The fraction of sp³-hybridized carbons (Fsp3) is 0.154. The van der Waals surface area contributed by atoms with Crippen LogP contribution in [0, 0.1) is 0 Å². The summed E-state index contributed by atoms with van der Waals surface area (Å²) in [4.78, 5) is 4.08. The quantitative estimate of drug-likeness (QED) is 0.843. The maximum absolute atomic E-state index is 5.89. The Morgan fingerprint density at radius 1 is 1.12 bits per heavy atom. The molecule has 1 aromatic carbocycles. The summed E-state index contributed by atoms with van der Waals surface area (Å²) < 4.78 is 6.56. The van der Waals surface area contributed by atoms with E-state index in [1.165, 1.54) is 0 Å². The molecule has 0 aliphatic carbocycles. The molecule has 0 aliphatic heterocycles. The summed E-state index contributed by atoms with van der Waals surface area (Å²) in [5.74, 6) is 0. The molecule has 0 aliphatic rings. The van der Waals surface area contributed by atoms with Gasteiger partial charge in [0.2, 0.25) is 0 Å². The van der Waals surface area contributed by atoms with Crippen molar-refractivity contribution >= 4 is 27.5 Å². The third-order valence-electron chi connectivity index (χ3n) is 2.19. The molecule has 0 atom stereocenters. The molecule has 88 valence electrons. The highest BCUT2D eigenvalue weighted by Gasteiger charge is 1.97. The molecule has 17 heavy (non-hydrogen) atoms. The molecule has 0 bridgehead atoms. The SMILES string of the molecule is Clc1cccc(COCc2cncc(Br)c2)c1. The van der Waals surface area contributed by atoms with E-state index in [1.54, 1.807) is 12.4 Å². The summed E-state index contributed by atoms with van der Waals surface area (Å²) in [5, 5.41) is 0.732. The van der Waals surface area contributed by atoms with Gasteiger partial charge >= 0.3 is 0 Å². The molecule has 2 nitrogen and oxygen atoms in total. The zero-order chi connectivity index (χ0) is 12.1. The number of ether oxygens (including phenoxy) is 1. The zero-order valence-corrected chi connectivity index (χ0v) is 11.4. The second-order valence-corrected chi connectivity index (χ2v) is 4.99. The van der Waals surface area contributed by atoms with Crippen molar-refractivity contribution in [3.05, 3.63) is 63.3 Å². The van der Waals surface area contributed by atoms with Crippen LogP contribution in [0.4, 0.5) is 0 Å². The first-order chi connectivity index (χ1) is 8.24. The van der Waals surface area contributed by atoms with E-state index in [0.29, 0.717) is 13.2 Å². The van der Waals surface area contributed by atoms with Gasteiger partial charge in [0.1, 0.15) is 0 Å². The average Bonchev–Trinajstić information content (AvgIpc) is 2.29. The molecule has 1 heterocycles. The normalized spacial score (nSPS) is 10.5. The molecule has 0 unspecified atom stereocenters. The van der Waals surface area contributed by atoms with Crippen LogP contribution in [0.5, 0.6) is 0 Å². The monoisotopic (exact) mass is 311 g/mol. The van der Waals surface area contributed by atoms with Crippen molar-refractivity contribution in [1.29, 1.82) is 0 Å². The first-order valence-electron chi connectivity index (χ1n) is 5.15. The number of benzene rings is 1. The third kappa shape index (κ3) is 4.11. The van der Waals surface area contributed by atoms with Crippen molar-refractivity contribution in [3.8, 4) is 0 Å². The lowest BCUT2D eigenvalue weighted by molar-refractivity contribution is 0.107. The zero-order valence-electron chi connectivity index (χ0n) is 9.07. The maximum atomic E-state index is 5.89. The second-order valence-electron chi connectivity index (χ2n) is 3.63. The van der Waals surface area contributed by atoms with Gasteiger partial charge in [-0.2, -0.15) is 0 Å². The number of aromatic nitrogens is 1. The predicted molar refractivity (Wildman–Crippen MR) is 71.9 cm³/mol. The van der Waals surface area contributed by atoms with Crippen molar-refractivity contribution in [2.24, 2.45) is 0 Å². The minimum Gasteiger partial charge on any atom is -0.372 e. The minimum atomic E-state index is 0.541. The Kier molecular flexibility index (Phi) is 4.54. The molecule has 0 spiro atoms. The molecule has 4 heteroatoms. The Morgan fingerprint density at radius 3 is 2.71 bits per heavy atom. The Bertz CT molecular complexity index is 459. The molecule has 0 N–H and O–H groups in total. The van der Waals surface area contributed by atoms with Crippen LogP contribution >= 0.6 is 27.5 Å². The molecule has 0 fully saturated rings. The summed E-state index contributed by atoms with van der Waals surface area (Å²) >= 11 is 9.26. The van der Waals surface area contributed by atoms with Gasteiger partial charge < -0.3 is 4.74 Å². The fourth-order valence-corrected chi connectivity index (χ4v) is 2.07. The highest BCUT2D eigenvalue weighted by Crippen LogP contribution is 2.13. The number of halogens is 2. The van der Waals surface area contributed by atoms with Gasteiger partial charge in [-0.1, -0.05) is 23.7 Å². The van der Waals surface area contributed by atoms with Crippen molar-refractivity contribution in [3.63, 3.8) is 0 Å². The van der Waals surface area contributed by atoms with Gasteiger partial charge in [-0.05, 0) is 45.3 Å². The lowest BCUT2D eigenvalue weighted by Crippen LogP contribution is -1.94. The second kappa shape index (κ2) is 6.15. The highest BCUT2D eigenvalue weighted by molar-refractivity contribution is 9.10. The summed E-state index contributed by atoms with van der Waals surface area (Å²) in [6.45, 7) is 1.09. The average molecular weight is 313 g/mol. The van der Waals surface area contributed by atoms with E-state index < -0.39 is 0 Å². The number of rotatable bonds is 4. The van der Waals surface area contributed by atoms with Crippen LogP contribution in [-0.2, 0) is 18.0 Å². The Hall–Kier alpha value is -0.900. The van der Waals surface area contributed by atoms with Crippen molar-refractivity contribution in [2.75, 3.05) is 0 Å². The Morgan fingerprint density at radius 2 is 1.94 bits per heavy atom. The van der Waals surface area contributed by atoms with Gasteiger partial charge in [-0.15, -0.1) is 0 Å². The van der Waals surface area contributed by atoms with Crippen LogP contribution in [0.3, 0.4) is 0 Å². The van der Waals surface area contributed by atoms with Crippen molar-refractivity contribution < 1.29 is 4.74 Å². The summed E-state index contributed by atoms with van der Waals surface area (Å²) in [5.41, 5.74) is 2.11. The molecule has 2 aromatic rings. The van der Waals surface area contributed by atoms with Gasteiger partial charge in [-0.3, -0.25) is 4.98 Å². The Labute approximate surface area is 114 Å².